The van der Waals surface area contributed by atoms with Crippen molar-refractivity contribution in [1.82, 2.24) is 24.6 Å². The lowest BCUT2D eigenvalue weighted by atomic mass is 10.1. The summed E-state index contributed by atoms with van der Waals surface area (Å²) in [5, 5.41) is 8.69. The molecule has 0 radical (unpaired) electrons. The average Bonchev–Trinajstić information content (AvgIpc) is 3.05. The molecule has 144 valence electrons. The van der Waals surface area contributed by atoms with Crippen LogP contribution >= 0.6 is 0 Å². The van der Waals surface area contributed by atoms with Gasteiger partial charge in [0, 0.05) is 18.7 Å². The molecule has 4 rings (SSSR count). The van der Waals surface area contributed by atoms with Gasteiger partial charge in [-0.2, -0.15) is 0 Å². The third-order valence-electron chi connectivity index (χ3n) is 5.17. The van der Waals surface area contributed by atoms with E-state index in [0.29, 0.717) is 25.1 Å². The highest BCUT2D eigenvalue weighted by Crippen LogP contribution is 2.24. The molecule has 0 bridgehead atoms. The van der Waals surface area contributed by atoms with Crippen LogP contribution in [0.5, 0.6) is 0 Å². The van der Waals surface area contributed by atoms with Gasteiger partial charge in [0.05, 0.1) is 12.6 Å². The second kappa shape index (κ2) is 7.07. The fraction of sp³-hybridized carbons (Fsp3) is 0.333. The Morgan fingerprint density at radius 3 is 2.68 bits per heavy atom. The molecule has 0 saturated heterocycles. The van der Waals surface area contributed by atoms with Gasteiger partial charge in [-0.05, 0) is 38.0 Å². The van der Waals surface area contributed by atoms with E-state index in [9.17, 15) is 9.59 Å². The summed E-state index contributed by atoms with van der Waals surface area (Å²) in [4.78, 5) is 29.8. The van der Waals surface area contributed by atoms with Gasteiger partial charge in [0.15, 0.2) is 5.82 Å². The van der Waals surface area contributed by atoms with Crippen LogP contribution in [-0.4, -0.2) is 37.1 Å². The first-order valence-corrected chi connectivity index (χ1v) is 9.40. The SMILES string of the molecule is Cc1cc(C)c(C(=O)N2Cc3nnc(Cc4ccccc4)n3[C@@H](C)C2)c(=O)[nH]1. The molecule has 0 fully saturated rings. The first-order valence-electron chi connectivity index (χ1n) is 9.40. The van der Waals surface area contributed by atoms with E-state index in [2.05, 4.69) is 31.9 Å². The lowest BCUT2D eigenvalue weighted by Crippen LogP contribution is -2.43. The number of carbonyl (C=O) groups is 1. The van der Waals surface area contributed by atoms with Crippen LogP contribution in [-0.2, 0) is 13.0 Å². The molecule has 1 amide bonds. The number of fused-ring (bicyclic) bond motifs is 1. The fourth-order valence-electron chi connectivity index (χ4n) is 3.94. The van der Waals surface area contributed by atoms with E-state index in [1.807, 2.05) is 38.1 Å². The van der Waals surface area contributed by atoms with Crippen molar-refractivity contribution < 1.29 is 4.79 Å². The predicted octanol–water partition coefficient (Wildman–Crippen LogP) is 2.39. The second-order valence-electron chi connectivity index (χ2n) is 7.44. The summed E-state index contributed by atoms with van der Waals surface area (Å²) in [5.74, 6) is 1.38. The minimum atomic E-state index is -0.341. The molecule has 0 saturated carbocycles. The van der Waals surface area contributed by atoms with Crippen molar-refractivity contribution in [3.63, 3.8) is 0 Å². The zero-order valence-corrected chi connectivity index (χ0v) is 16.3. The highest BCUT2D eigenvalue weighted by Gasteiger charge is 2.31. The van der Waals surface area contributed by atoms with Crippen LogP contribution in [0.4, 0.5) is 0 Å². The summed E-state index contributed by atoms with van der Waals surface area (Å²) in [7, 11) is 0. The molecule has 1 aromatic carbocycles. The smallest absolute Gasteiger partial charge is 0.261 e. The lowest BCUT2D eigenvalue weighted by Gasteiger charge is -2.32. The van der Waals surface area contributed by atoms with Gasteiger partial charge in [-0.1, -0.05) is 30.3 Å². The summed E-state index contributed by atoms with van der Waals surface area (Å²) in [6.45, 7) is 6.51. The number of aromatic amines is 1. The van der Waals surface area contributed by atoms with Crippen LogP contribution in [0.2, 0.25) is 0 Å². The highest BCUT2D eigenvalue weighted by molar-refractivity contribution is 5.95. The fourth-order valence-corrected chi connectivity index (χ4v) is 3.94. The molecule has 7 nitrogen and oxygen atoms in total. The third kappa shape index (κ3) is 3.24. The number of nitrogens with zero attached hydrogens (tertiary/aromatic N) is 4. The summed E-state index contributed by atoms with van der Waals surface area (Å²) in [6, 6.07) is 12.0. The van der Waals surface area contributed by atoms with Crippen LogP contribution in [0.3, 0.4) is 0 Å². The first-order chi connectivity index (χ1) is 13.4. The first kappa shape index (κ1) is 18.2. The Hall–Kier alpha value is -3.22. The van der Waals surface area contributed by atoms with Crippen LogP contribution in [0, 0.1) is 13.8 Å². The molecule has 0 unspecified atom stereocenters. The molecule has 0 spiro atoms. The molecule has 3 aromatic rings. The van der Waals surface area contributed by atoms with E-state index >= 15 is 0 Å². The van der Waals surface area contributed by atoms with Crippen molar-refractivity contribution in [3.05, 3.63) is 80.8 Å². The van der Waals surface area contributed by atoms with Gasteiger partial charge >= 0.3 is 0 Å². The minimum absolute atomic E-state index is 0.0336. The van der Waals surface area contributed by atoms with Crippen molar-refractivity contribution in [3.8, 4) is 0 Å². The van der Waals surface area contributed by atoms with Crippen molar-refractivity contribution in [2.75, 3.05) is 6.54 Å². The lowest BCUT2D eigenvalue weighted by molar-refractivity contribution is 0.0677. The maximum absolute atomic E-state index is 13.1. The number of aryl methyl sites for hydroxylation is 2. The summed E-state index contributed by atoms with van der Waals surface area (Å²) < 4.78 is 2.11. The number of amides is 1. The normalized spacial score (nSPS) is 16.1. The van der Waals surface area contributed by atoms with E-state index in [0.717, 1.165) is 17.3 Å². The Balaban J connectivity index is 1.61. The summed E-state index contributed by atoms with van der Waals surface area (Å²) in [6.07, 6.45) is 0.697. The van der Waals surface area contributed by atoms with E-state index in [4.69, 9.17) is 0 Å². The van der Waals surface area contributed by atoms with Gasteiger partial charge in [-0.3, -0.25) is 9.59 Å². The molecule has 1 aliphatic rings. The monoisotopic (exact) mass is 377 g/mol. The Bertz CT molecular complexity index is 1080. The number of H-pyrrole nitrogens is 1. The summed E-state index contributed by atoms with van der Waals surface area (Å²) >= 11 is 0. The largest absolute Gasteiger partial charge is 0.329 e. The number of nitrogens with one attached hydrogen (secondary N) is 1. The number of hydrogen-bond donors (Lipinski definition) is 1. The number of aromatic nitrogens is 4. The Labute approximate surface area is 163 Å². The Morgan fingerprint density at radius 1 is 1.21 bits per heavy atom. The maximum atomic E-state index is 13.1. The predicted molar refractivity (Wildman–Crippen MR) is 105 cm³/mol. The molecule has 1 N–H and O–H groups in total. The minimum Gasteiger partial charge on any atom is -0.329 e. The van der Waals surface area contributed by atoms with Gasteiger partial charge in [0.1, 0.15) is 11.4 Å². The molecular formula is C21H23N5O2. The van der Waals surface area contributed by atoms with Crippen LogP contribution < -0.4 is 5.56 Å². The zero-order valence-electron chi connectivity index (χ0n) is 16.3. The standard InChI is InChI=1S/C21H23N5O2/c1-13-9-14(2)22-20(27)19(13)21(28)25-11-15(3)26-17(23-24-18(26)12-25)10-16-7-5-4-6-8-16/h4-9,15H,10-12H2,1-3H3,(H,22,27)/t15-/m0/s1. The van der Waals surface area contributed by atoms with Crippen molar-refractivity contribution in [2.45, 2.75) is 39.8 Å². The molecule has 2 aromatic heterocycles. The van der Waals surface area contributed by atoms with E-state index in [-0.39, 0.29) is 23.1 Å². The maximum Gasteiger partial charge on any atom is 0.261 e. The average molecular weight is 377 g/mol. The van der Waals surface area contributed by atoms with Crippen LogP contribution in [0.15, 0.2) is 41.2 Å². The van der Waals surface area contributed by atoms with Crippen molar-refractivity contribution in [1.29, 1.82) is 0 Å². The molecular weight excluding hydrogens is 354 g/mol. The van der Waals surface area contributed by atoms with Crippen molar-refractivity contribution in [2.24, 2.45) is 0 Å². The highest BCUT2D eigenvalue weighted by atomic mass is 16.2. The molecule has 1 atom stereocenters. The third-order valence-corrected chi connectivity index (χ3v) is 5.17. The number of benzene rings is 1. The van der Waals surface area contributed by atoms with Gasteiger partial charge in [-0.15, -0.1) is 10.2 Å². The number of carbonyl (C=O) groups excluding carboxylic acids is 1. The van der Waals surface area contributed by atoms with Gasteiger partial charge < -0.3 is 14.5 Å². The van der Waals surface area contributed by atoms with Gasteiger partial charge in [0.2, 0.25) is 0 Å². The quantitative estimate of drug-likeness (QED) is 0.760. The molecule has 7 heteroatoms. The zero-order chi connectivity index (χ0) is 19.8. The Morgan fingerprint density at radius 2 is 1.96 bits per heavy atom. The van der Waals surface area contributed by atoms with Crippen LogP contribution in [0.1, 0.15) is 51.8 Å². The van der Waals surface area contributed by atoms with E-state index in [1.165, 1.54) is 5.56 Å². The van der Waals surface area contributed by atoms with E-state index in [1.54, 1.807) is 11.8 Å². The molecule has 28 heavy (non-hydrogen) atoms. The van der Waals surface area contributed by atoms with Crippen LogP contribution in [0.25, 0.3) is 0 Å². The second-order valence-corrected chi connectivity index (χ2v) is 7.44. The number of hydrogen-bond acceptors (Lipinski definition) is 4. The number of rotatable bonds is 3. The van der Waals surface area contributed by atoms with Gasteiger partial charge in [0.25, 0.3) is 11.5 Å². The molecule has 3 heterocycles. The van der Waals surface area contributed by atoms with E-state index < -0.39 is 0 Å². The van der Waals surface area contributed by atoms with Crippen molar-refractivity contribution >= 4 is 5.91 Å². The summed E-state index contributed by atoms with van der Waals surface area (Å²) in [5.41, 5.74) is 2.47. The Kier molecular flexibility index (Phi) is 4.58. The van der Waals surface area contributed by atoms with Gasteiger partial charge in [-0.25, -0.2) is 0 Å². The topological polar surface area (TPSA) is 83.9 Å². The number of pyridine rings is 1. The molecule has 0 aliphatic carbocycles. The molecule has 1 aliphatic heterocycles.